The normalized spacial score (nSPS) is 12.8. The van der Waals surface area contributed by atoms with Gasteiger partial charge in [0.05, 0.1) is 0 Å². The van der Waals surface area contributed by atoms with Gasteiger partial charge in [-0.1, -0.05) is 84.0 Å². The molecular weight excluding hydrogens is 248 g/mol. The molecule has 0 fully saturated rings. The summed E-state index contributed by atoms with van der Waals surface area (Å²) in [5.41, 5.74) is 0. The van der Waals surface area contributed by atoms with Crippen LogP contribution < -0.4 is 0 Å². The third-order valence-electron chi connectivity index (χ3n) is 3.91. The maximum absolute atomic E-state index is 9.40. The van der Waals surface area contributed by atoms with E-state index in [9.17, 15) is 5.11 Å². The topological polar surface area (TPSA) is 29.5 Å². The van der Waals surface area contributed by atoms with Gasteiger partial charge in [-0.3, -0.25) is 0 Å². The van der Waals surface area contributed by atoms with Gasteiger partial charge in [0.15, 0.2) is 6.29 Å². The molecular formula is C18H38O2. The van der Waals surface area contributed by atoms with Gasteiger partial charge in [-0.2, -0.15) is 0 Å². The lowest BCUT2D eigenvalue weighted by Crippen LogP contribution is -2.10. The molecule has 2 heteroatoms. The molecule has 1 unspecified atom stereocenters. The standard InChI is InChI=1S/C18H38O2/c1-3-5-6-7-8-9-10-11-12-13-14-15-16-17-18(19)20-4-2/h18-19H,3-17H2,1-2H3. The van der Waals surface area contributed by atoms with Gasteiger partial charge in [0.2, 0.25) is 0 Å². The first-order valence-corrected chi connectivity index (χ1v) is 9.11. The molecule has 0 amide bonds. The molecule has 0 aliphatic rings. The molecule has 122 valence electrons. The zero-order chi connectivity index (χ0) is 14.9. The van der Waals surface area contributed by atoms with E-state index >= 15 is 0 Å². The van der Waals surface area contributed by atoms with Crippen LogP contribution in [-0.4, -0.2) is 18.0 Å². The van der Waals surface area contributed by atoms with E-state index in [1.807, 2.05) is 6.92 Å². The summed E-state index contributed by atoms with van der Waals surface area (Å²) in [6, 6.07) is 0. The monoisotopic (exact) mass is 286 g/mol. The van der Waals surface area contributed by atoms with E-state index in [2.05, 4.69) is 6.92 Å². The van der Waals surface area contributed by atoms with Crippen molar-refractivity contribution in [3.63, 3.8) is 0 Å². The number of unbranched alkanes of at least 4 members (excludes halogenated alkanes) is 12. The molecule has 1 N–H and O–H groups in total. The number of hydrogen-bond acceptors (Lipinski definition) is 2. The van der Waals surface area contributed by atoms with E-state index in [-0.39, 0.29) is 0 Å². The second-order valence-electron chi connectivity index (χ2n) is 5.94. The Morgan fingerprint density at radius 3 is 1.45 bits per heavy atom. The first kappa shape index (κ1) is 19.9. The molecule has 0 spiro atoms. The summed E-state index contributed by atoms with van der Waals surface area (Å²) < 4.78 is 5.10. The minimum atomic E-state index is -0.535. The number of ether oxygens (including phenoxy) is 1. The minimum Gasteiger partial charge on any atom is -0.368 e. The van der Waals surface area contributed by atoms with Crippen molar-refractivity contribution in [1.82, 2.24) is 0 Å². The molecule has 0 rings (SSSR count). The van der Waals surface area contributed by atoms with Gasteiger partial charge in [0.25, 0.3) is 0 Å². The largest absolute Gasteiger partial charge is 0.368 e. The van der Waals surface area contributed by atoms with Crippen molar-refractivity contribution in [1.29, 1.82) is 0 Å². The summed E-state index contributed by atoms with van der Waals surface area (Å²) in [5, 5.41) is 9.40. The number of rotatable bonds is 16. The highest BCUT2D eigenvalue weighted by atomic mass is 16.6. The van der Waals surface area contributed by atoms with Crippen LogP contribution in [-0.2, 0) is 4.74 Å². The van der Waals surface area contributed by atoms with Crippen LogP contribution in [0.1, 0.15) is 104 Å². The average molecular weight is 286 g/mol. The van der Waals surface area contributed by atoms with Crippen molar-refractivity contribution in [2.45, 2.75) is 110 Å². The maximum Gasteiger partial charge on any atom is 0.154 e. The fraction of sp³-hybridized carbons (Fsp3) is 1.00. The highest BCUT2D eigenvalue weighted by Gasteiger charge is 2.01. The SMILES string of the molecule is CCCCCCCCCCCCCCCC(O)OCC. The molecule has 0 aromatic carbocycles. The van der Waals surface area contributed by atoms with Crippen LogP contribution in [0.2, 0.25) is 0 Å². The van der Waals surface area contributed by atoms with Crippen molar-refractivity contribution in [2.75, 3.05) is 6.61 Å². The predicted molar refractivity (Wildman–Crippen MR) is 87.9 cm³/mol. The van der Waals surface area contributed by atoms with Crippen molar-refractivity contribution >= 4 is 0 Å². The van der Waals surface area contributed by atoms with Gasteiger partial charge in [-0.05, 0) is 19.8 Å². The van der Waals surface area contributed by atoms with Crippen molar-refractivity contribution in [2.24, 2.45) is 0 Å². The van der Waals surface area contributed by atoms with Gasteiger partial charge < -0.3 is 9.84 Å². The fourth-order valence-electron chi connectivity index (χ4n) is 2.61. The molecule has 0 aromatic heterocycles. The van der Waals surface area contributed by atoms with Crippen LogP contribution in [0.3, 0.4) is 0 Å². The Hall–Kier alpha value is -0.0800. The summed E-state index contributed by atoms with van der Waals surface area (Å²) >= 11 is 0. The maximum atomic E-state index is 9.40. The summed E-state index contributed by atoms with van der Waals surface area (Å²) in [6.07, 6.45) is 18.0. The second-order valence-corrected chi connectivity index (χ2v) is 5.94. The van der Waals surface area contributed by atoms with E-state index in [0.717, 1.165) is 12.8 Å². The Kier molecular flexibility index (Phi) is 16.9. The molecule has 0 aliphatic heterocycles. The van der Waals surface area contributed by atoms with Crippen molar-refractivity contribution in [3.8, 4) is 0 Å². The predicted octanol–water partition coefficient (Wildman–Crippen LogP) is 5.82. The Labute approximate surface area is 127 Å². The van der Waals surface area contributed by atoms with Gasteiger partial charge in [-0.25, -0.2) is 0 Å². The molecule has 0 saturated carbocycles. The van der Waals surface area contributed by atoms with E-state index < -0.39 is 6.29 Å². The van der Waals surface area contributed by atoms with Crippen LogP contribution in [0.5, 0.6) is 0 Å². The van der Waals surface area contributed by atoms with E-state index in [1.54, 1.807) is 0 Å². The van der Waals surface area contributed by atoms with Crippen LogP contribution >= 0.6 is 0 Å². The lowest BCUT2D eigenvalue weighted by molar-refractivity contribution is -0.0994. The van der Waals surface area contributed by atoms with E-state index in [1.165, 1.54) is 77.0 Å². The summed E-state index contributed by atoms with van der Waals surface area (Å²) in [7, 11) is 0. The average Bonchev–Trinajstić information content (AvgIpc) is 2.44. The Balaban J connectivity index is 2.99. The van der Waals surface area contributed by atoms with Gasteiger partial charge in [-0.15, -0.1) is 0 Å². The molecule has 0 heterocycles. The lowest BCUT2D eigenvalue weighted by atomic mass is 10.0. The van der Waals surface area contributed by atoms with Crippen LogP contribution in [0.15, 0.2) is 0 Å². The molecule has 0 aromatic rings. The summed E-state index contributed by atoms with van der Waals surface area (Å²) in [5.74, 6) is 0. The quantitative estimate of drug-likeness (QED) is 0.286. The van der Waals surface area contributed by atoms with E-state index in [4.69, 9.17) is 4.74 Å². The second kappa shape index (κ2) is 17.0. The molecule has 0 aliphatic carbocycles. The third-order valence-corrected chi connectivity index (χ3v) is 3.91. The molecule has 0 bridgehead atoms. The molecule has 1 atom stereocenters. The van der Waals surface area contributed by atoms with Gasteiger partial charge >= 0.3 is 0 Å². The number of hydrogen-bond donors (Lipinski definition) is 1. The smallest absolute Gasteiger partial charge is 0.154 e. The number of aliphatic hydroxyl groups excluding tert-OH is 1. The summed E-state index contributed by atoms with van der Waals surface area (Å²) in [4.78, 5) is 0. The Bertz CT molecular complexity index is 171. The van der Waals surface area contributed by atoms with Gasteiger partial charge in [0, 0.05) is 6.61 Å². The van der Waals surface area contributed by atoms with Crippen LogP contribution in [0.25, 0.3) is 0 Å². The zero-order valence-electron chi connectivity index (χ0n) is 14.0. The first-order chi connectivity index (χ1) is 9.81. The molecule has 0 radical (unpaired) electrons. The highest BCUT2D eigenvalue weighted by molar-refractivity contribution is 4.50. The molecule has 20 heavy (non-hydrogen) atoms. The fourth-order valence-corrected chi connectivity index (χ4v) is 2.61. The highest BCUT2D eigenvalue weighted by Crippen LogP contribution is 2.13. The number of aliphatic hydroxyl groups is 1. The third kappa shape index (κ3) is 16.0. The Morgan fingerprint density at radius 1 is 0.650 bits per heavy atom. The lowest BCUT2D eigenvalue weighted by Gasteiger charge is -2.09. The summed E-state index contributed by atoms with van der Waals surface area (Å²) in [6.45, 7) is 4.81. The van der Waals surface area contributed by atoms with E-state index in [0.29, 0.717) is 6.61 Å². The van der Waals surface area contributed by atoms with Crippen LogP contribution in [0, 0.1) is 0 Å². The van der Waals surface area contributed by atoms with Gasteiger partial charge in [0.1, 0.15) is 0 Å². The van der Waals surface area contributed by atoms with Crippen molar-refractivity contribution < 1.29 is 9.84 Å². The Morgan fingerprint density at radius 2 is 1.05 bits per heavy atom. The molecule has 0 saturated heterocycles. The molecule has 2 nitrogen and oxygen atoms in total. The first-order valence-electron chi connectivity index (χ1n) is 9.11. The van der Waals surface area contributed by atoms with Crippen LogP contribution in [0.4, 0.5) is 0 Å². The minimum absolute atomic E-state index is 0.535. The van der Waals surface area contributed by atoms with Crippen molar-refractivity contribution in [3.05, 3.63) is 0 Å². The zero-order valence-corrected chi connectivity index (χ0v) is 14.0.